The van der Waals surface area contributed by atoms with Gasteiger partial charge in [0.1, 0.15) is 6.10 Å². The van der Waals surface area contributed by atoms with Crippen LogP contribution in [0.5, 0.6) is 0 Å². The second kappa shape index (κ2) is 11.9. The maximum Gasteiger partial charge on any atom is 0.416 e. The average Bonchev–Trinajstić information content (AvgIpc) is 2.92. The molecule has 0 aromatic heterocycles. The van der Waals surface area contributed by atoms with E-state index in [1.165, 1.54) is 11.0 Å². The molecule has 1 aliphatic rings. The highest BCUT2D eigenvalue weighted by molar-refractivity contribution is 5.89. The molecule has 1 fully saturated rings. The smallest absolute Gasteiger partial charge is 0.367 e. The van der Waals surface area contributed by atoms with Gasteiger partial charge in [0.05, 0.1) is 17.9 Å². The minimum Gasteiger partial charge on any atom is -0.367 e. The highest BCUT2D eigenvalue weighted by Crippen LogP contribution is 2.33. The third-order valence-electron chi connectivity index (χ3n) is 6.25. The average molecular weight is 538 g/mol. The van der Waals surface area contributed by atoms with Crippen LogP contribution in [0.3, 0.4) is 0 Å². The van der Waals surface area contributed by atoms with Crippen LogP contribution in [-0.4, -0.2) is 55.2 Å². The molecule has 0 saturated carbocycles. The van der Waals surface area contributed by atoms with E-state index in [-0.39, 0.29) is 6.61 Å². The molecule has 5 nitrogen and oxygen atoms in total. The molecule has 0 bridgehead atoms. The lowest BCUT2D eigenvalue weighted by atomic mass is 9.99. The molecule has 2 amide bonds. The van der Waals surface area contributed by atoms with E-state index >= 15 is 0 Å². The molecule has 0 radical (unpaired) electrons. The Morgan fingerprint density at radius 2 is 1.55 bits per heavy atom. The Morgan fingerprint density at radius 3 is 2.24 bits per heavy atom. The third-order valence-corrected chi connectivity index (χ3v) is 6.25. The maximum absolute atomic E-state index is 13.9. The zero-order valence-corrected chi connectivity index (χ0v) is 20.1. The van der Waals surface area contributed by atoms with Crippen LogP contribution in [0.1, 0.15) is 22.8 Å². The number of amides is 2. The number of piperazine rings is 1. The van der Waals surface area contributed by atoms with Gasteiger partial charge in [0.15, 0.2) is 17.5 Å². The fourth-order valence-electron chi connectivity index (χ4n) is 4.18. The number of nitrogens with zero attached hydrogens (tertiary/aromatic N) is 2. The minimum atomic E-state index is -4.47. The molecular weight excluding hydrogens is 512 g/mol. The second-order valence-electron chi connectivity index (χ2n) is 8.77. The lowest BCUT2D eigenvalue weighted by Gasteiger charge is -2.35. The summed E-state index contributed by atoms with van der Waals surface area (Å²) in [6, 6.07) is 15.1. The van der Waals surface area contributed by atoms with Crippen molar-refractivity contribution >= 4 is 11.7 Å². The molecular formula is C27H25F6N3O2. The summed E-state index contributed by atoms with van der Waals surface area (Å²) in [6.45, 7) is 2.23. The van der Waals surface area contributed by atoms with Gasteiger partial charge in [0, 0.05) is 32.7 Å². The molecule has 1 N–H and O–H groups in total. The van der Waals surface area contributed by atoms with E-state index < -0.39 is 47.0 Å². The molecule has 3 aromatic carbocycles. The van der Waals surface area contributed by atoms with Crippen molar-refractivity contribution in [2.45, 2.75) is 12.3 Å². The van der Waals surface area contributed by atoms with Crippen LogP contribution in [-0.2, 0) is 10.9 Å². The first kappa shape index (κ1) is 27.5. The molecule has 1 heterocycles. The first-order valence-electron chi connectivity index (χ1n) is 11.9. The van der Waals surface area contributed by atoms with Crippen LogP contribution in [0, 0.1) is 17.5 Å². The molecule has 0 unspecified atom stereocenters. The largest absolute Gasteiger partial charge is 0.416 e. The van der Waals surface area contributed by atoms with Gasteiger partial charge < -0.3 is 15.0 Å². The van der Waals surface area contributed by atoms with E-state index in [0.29, 0.717) is 38.3 Å². The fraction of sp³-hybridized carbons (Fsp3) is 0.296. The van der Waals surface area contributed by atoms with E-state index in [1.54, 1.807) is 30.3 Å². The second-order valence-corrected chi connectivity index (χ2v) is 8.77. The van der Waals surface area contributed by atoms with Gasteiger partial charge in [-0.25, -0.2) is 18.0 Å². The van der Waals surface area contributed by atoms with Gasteiger partial charge >= 0.3 is 12.2 Å². The van der Waals surface area contributed by atoms with Gasteiger partial charge in [-0.1, -0.05) is 42.5 Å². The van der Waals surface area contributed by atoms with Crippen LogP contribution < -0.4 is 5.32 Å². The standard InChI is InChI=1S/C27H25F6N3O2/c28-21-9-10-22(24(30)23(21)29)34-26(37)36-13-11-35(12-14-36)15-16-38-25(18-5-2-1-3-6-18)19-7-4-8-20(17-19)27(31,32)33/h1-10,17,25H,11-16H2,(H,34,37)/t25-/m1/s1. The topological polar surface area (TPSA) is 44.8 Å². The quantitative estimate of drug-likeness (QED) is 0.294. The summed E-state index contributed by atoms with van der Waals surface area (Å²) in [5.74, 6) is -4.48. The summed E-state index contributed by atoms with van der Waals surface area (Å²) < 4.78 is 86.2. The normalized spacial score (nSPS) is 15.4. The Morgan fingerprint density at radius 1 is 0.868 bits per heavy atom. The number of carbonyl (C=O) groups is 1. The molecule has 0 spiro atoms. The van der Waals surface area contributed by atoms with Crippen molar-refractivity contribution < 1.29 is 35.9 Å². The highest BCUT2D eigenvalue weighted by atomic mass is 19.4. The summed E-state index contributed by atoms with van der Waals surface area (Å²) in [6.07, 6.45) is -5.17. The maximum atomic E-state index is 13.9. The van der Waals surface area contributed by atoms with Crippen molar-refractivity contribution in [2.24, 2.45) is 0 Å². The van der Waals surface area contributed by atoms with E-state index in [4.69, 9.17) is 4.74 Å². The summed E-state index contributed by atoms with van der Waals surface area (Å²) in [5, 5.41) is 2.25. The number of benzene rings is 3. The Labute approximate surface area is 215 Å². The van der Waals surface area contributed by atoms with E-state index in [9.17, 15) is 31.1 Å². The summed E-state index contributed by atoms with van der Waals surface area (Å²) in [4.78, 5) is 15.9. The minimum absolute atomic E-state index is 0.224. The number of anilines is 1. The van der Waals surface area contributed by atoms with E-state index in [0.717, 1.165) is 29.8 Å². The predicted molar refractivity (Wildman–Crippen MR) is 129 cm³/mol. The number of hydrogen-bond donors (Lipinski definition) is 1. The number of rotatable bonds is 7. The van der Waals surface area contributed by atoms with Crippen molar-refractivity contribution in [3.05, 3.63) is 101 Å². The summed E-state index contributed by atoms with van der Waals surface area (Å²) in [5.41, 5.74) is -0.0989. The molecule has 4 rings (SSSR count). The summed E-state index contributed by atoms with van der Waals surface area (Å²) >= 11 is 0. The summed E-state index contributed by atoms with van der Waals surface area (Å²) in [7, 11) is 0. The molecule has 3 aromatic rings. The predicted octanol–water partition coefficient (Wildman–Crippen LogP) is 6.08. The van der Waals surface area contributed by atoms with Gasteiger partial charge in [-0.3, -0.25) is 4.90 Å². The van der Waals surface area contributed by atoms with E-state index in [1.807, 2.05) is 11.0 Å². The van der Waals surface area contributed by atoms with Crippen LogP contribution >= 0.6 is 0 Å². The van der Waals surface area contributed by atoms with Gasteiger partial charge in [0.25, 0.3) is 0 Å². The van der Waals surface area contributed by atoms with E-state index in [2.05, 4.69) is 5.32 Å². The Bertz CT molecular complexity index is 1250. The molecule has 0 aliphatic carbocycles. The number of alkyl halides is 3. The lowest BCUT2D eigenvalue weighted by Crippen LogP contribution is -2.50. The number of urea groups is 1. The highest BCUT2D eigenvalue weighted by Gasteiger charge is 2.31. The van der Waals surface area contributed by atoms with Crippen molar-refractivity contribution in [1.82, 2.24) is 9.80 Å². The Hall–Kier alpha value is -3.57. The van der Waals surface area contributed by atoms with Crippen LogP contribution in [0.2, 0.25) is 0 Å². The first-order valence-corrected chi connectivity index (χ1v) is 11.9. The number of nitrogens with one attached hydrogen (secondary N) is 1. The van der Waals surface area contributed by atoms with Crippen molar-refractivity contribution in [1.29, 1.82) is 0 Å². The van der Waals surface area contributed by atoms with Crippen LogP contribution in [0.15, 0.2) is 66.7 Å². The van der Waals surface area contributed by atoms with Crippen LogP contribution in [0.4, 0.5) is 36.8 Å². The third kappa shape index (κ3) is 6.65. The zero-order valence-electron chi connectivity index (χ0n) is 20.1. The number of halogens is 6. The molecule has 1 saturated heterocycles. The zero-order chi connectivity index (χ0) is 27.3. The van der Waals surface area contributed by atoms with Crippen molar-refractivity contribution in [3.63, 3.8) is 0 Å². The lowest BCUT2D eigenvalue weighted by molar-refractivity contribution is -0.137. The van der Waals surface area contributed by atoms with Gasteiger partial charge in [0.2, 0.25) is 0 Å². The Balaban J connectivity index is 1.32. The van der Waals surface area contributed by atoms with Crippen molar-refractivity contribution in [3.8, 4) is 0 Å². The monoisotopic (exact) mass is 537 g/mol. The molecule has 202 valence electrons. The van der Waals surface area contributed by atoms with Gasteiger partial charge in [-0.2, -0.15) is 13.2 Å². The first-order chi connectivity index (χ1) is 18.1. The van der Waals surface area contributed by atoms with Gasteiger partial charge in [-0.05, 0) is 35.4 Å². The fourth-order valence-corrected chi connectivity index (χ4v) is 4.18. The van der Waals surface area contributed by atoms with Crippen LogP contribution in [0.25, 0.3) is 0 Å². The number of ether oxygens (including phenoxy) is 1. The number of carbonyl (C=O) groups excluding carboxylic acids is 1. The molecule has 38 heavy (non-hydrogen) atoms. The van der Waals surface area contributed by atoms with Crippen molar-refractivity contribution in [2.75, 3.05) is 44.6 Å². The number of hydrogen-bond acceptors (Lipinski definition) is 3. The SMILES string of the molecule is O=C(Nc1ccc(F)c(F)c1F)N1CCN(CCO[C@H](c2ccccc2)c2cccc(C(F)(F)F)c2)CC1. The molecule has 1 atom stereocenters. The van der Waals surface area contributed by atoms with Gasteiger partial charge in [-0.15, -0.1) is 0 Å². The Kier molecular flexibility index (Phi) is 8.58. The molecule has 11 heteroatoms. The molecule has 1 aliphatic heterocycles.